The van der Waals surface area contributed by atoms with Gasteiger partial charge >= 0.3 is 12.2 Å². The first-order valence-electron chi connectivity index (χ1n) is 12.4. The van der Waals surface area contributed by atoms with Crippen LogP contribution in [0.2, 0.25) is 10.0 Å². The van der Waals surface area contributed by atoms with Crippen LogP contribution in [-0.2, 0) is 21.0 Å². The third-order valence-electron chi connectivity index (χ3n) is 6.76. The number of benzene rings is 2. The molecular formula is C25H28Cl2F3N5O4S. The van der Waals surface area contributed by atoms with E-state index >= 15 is 0 Å². The van der Waals surface area contributed by atoms with Crippen LogP contribution in [0.4, 0.5) is 23.7 Å². The van der Waals surface area contributed by atoms with Crippen LogP contribution in [0, 0.1) is 0 Å². The largest absolute Gasteiger partial charge is 0.416 e. The second kappa shape index (κ2) is 12.0. The van der Waals surface area contributed by atoms with E-state index in [1.165, 1.54) is 29.2 Å². The molecule has 0 aromatic heterocycles. The molecule has 2 aromatic carbocycles. The van der Waals surface area contributed by atoms with E-state index in [0.717, 1.165) is 25.0 Å². The third-order valence-corrected chi connectivity index (χ3v) is 9.11. The molecule has 1 saturated carbocycles. The number of anilines is 1. The second-order valence-electron chi connectivity index (χ2n) is 9.73. The molecule has 0 radical (unpaired) electrons. The smallest absolute Gasteiger partial charge is 0.338 e. The fourth-order valence-electron chi connectivity index (χ4n) is 4.20. The first-order valence-corrected chi connectivity index (χ1v) is 14.6. The molecule has 1 heterocycles. The van der Waals surface area contributed by atoms with Crippen LogP contribution in [0.1, 0.15) is 18.4 Å². The van der Waals surface area contributed by atoms with Crippen molar-refractivity contribution in [3.05, 3.63) is 58.1 Å². The minimum Gasteiger partial charge on any atom is -0.338 e. The lowest BCUT2D eigenvalue weighted by atomic mass is 10.1. The maximum absolute atomic E-state index is 13.7. The summed E-state index contributed by atoms with van der Waals surface area (Å²) in [6.45, 7) is 0.315. The van der Waals surface area contributed by atoms with Crippen molar-refractivity contribution in [3.8, 4) is 0 Å². The molecule has 15 heteroatoms. The number of nitrogens with zero attached hydrogens (tertiary/aromatic N) is 3. The maximum Gasteiger partial charge on any atom is 0.416 e. The Hall–Kier alpha value is -2.74. The summed E-state index contributed by atoms with van der Waals surface area (Å²) in [4.78, 5) is 28.6. The van der Waals surface area contributed by atoms with E-state index in [4.69, 9.17) is 23.2 Å². The number of piperazine rings is 1. The highest BCUT2D eigenvalue weighted by atomic mass is 35.5. The molecule has 2 fully saturated rings. The van der Waals surface area contributed by atoms with Gasteiger partial charge < -0.3 is 15.5 Å². The highest BCUT2D eigenvalue weighted by Gasteiger charge is 2.36. The van der Waals surface area contributed by atoms with Crippen LogP contribution < -0.4 is 14.9 Å². The molecule has 2 aliphatic rings. The van der Waals surface area contributed by atoms with Gasteiger partial charge in [-0.25, -0.2) is 13.2 Å². The lowest BCUT2D eigenvalue weighted by Gasteiger charge is -2.40. The van der Waals surface area contributed by atoms with Crippen LogP contribution in [-0.4, -0.2) is 82.0 Å². The molecule has 1 aliphatic heterocycles. The summed E-state index contributed by atoms with van der Waals surface area (Å²) in [6, 6.07) is 6.93. The highest BCUT2D eigenvalue weighted by Crippen LogP contribution is 2.37. The van der Waals surface area contributed by atoms with Crippen LogP contribution in [0.15, 0.2) is 47.4 Å². The molecule has 40 heavy (non-hydrogen) atoms. The average Bonchev–Trinajstić information content (AvgIpc) is 3.70. The van der Waals surface area contributed by atoms with Crippen molar-refractivity contribution in [3.63, 3.8) is 0 Å². The molecule has 1 aliphatic carbocycles. The summed E-state index contributed by atoms with van der Waals surface area (Å²) in [7, 11) is -2.70. The van der Waals surface area contributed by atoms with Gasteiger partial charge in [0.25, 0.3) is 10.0 Å². The number of likely N-dealkylation sites (N-methyl/N-ethyl adjacent to an activating group) is 1. The Kier molecular flexibility index (Phi) is 9.08. The third kappa shape index (κ3) is 7.31. The Morgan fingerprint density at radius 3 is 2.38 bits per heavy atom. The molecule has 0 spiro atoms. The van der Waals surface area contributed by atoms with E-state index in [0.29, 0.717) is 16.9 Å². The van der Waals surface area contributed by atoms with Crippen molar-refractivity contribution in [2.75, 3.05) is 44.1 Å². The summed E-state index contributed by atoms with van der Waals surface area (Å²) >= 11 is 12.1. The molecule has 218 valence electrons. The zero-order valence-electron chi connectivity index (χ0n) is 21.4. The monoisotopic (exact) mass is 621 g/mol. The molecular weight excluding hydrogens is 594 g/mol. The van der Waals surface area contributed by atoms with Crippen molar-refractivity contribution in [1.29, 1.82) is 0 Å². The standard InChI is InChI=1S/C25H28Cl2F3N5O4S/c1-33-10-11-34(14-19(33)13-31-24(37)32-18-5-6-18)23(36)15-35(40(38,39)20-7-3-17(26)4-8-20)22-12-16(25(28,29)30)2-9-21(22)27/h2-4,7-9,12,18-19H,5-6,10-11,13-15H2,1H3,(H2,31,32,37). The van der Waals surface area contributed by atoms with E-state index in [9.17, 15) is 31.2 Å². The first kappa shape index (κ1) is 30.2. The molecule has 0 bridgehead atoms. The van der Waals surface area contributed by atoms with Crippen molar-refractivity contribution in [1.82, 2.24) is 20.4 Å². The van der Waals surface area contributed by atoms with Gasteiger partial charge in [0.15, 0.2) is 0 Å². The van der Waals surface area contributed by atoms with Gasteiger partial charge in [0.1, 0.15) is 6.54 Å². The van der Waals surface area contributed by atoms with E-state index < -0.39 is 39.9 Å². The van der Waals surface area contributed by atoms with Gasteiger partial charge in [-0.05, 0) is 62.4 Å². The number of sulfonamides is 1. The second-order valence-corrected chi connectivity index (χ2v) is 12.4. The summed E-state index contributed by atoms with van der Waals surface area (Å²) in [5, 5.41) is 5.58. The molecule has 9 nitrogen and oxygen atoms in total. The predicted molar refractivity (Wildman–Crippen MR) is 145 cm³/mol. The number of alkyl halides is 3. The topological polar surface area (TPSA) is 102 Å². The highest BCUT2D eigenvalue weighted by molar-refractivity contribution is 7.92. The average molecular weight is 622 g/mol. The summed E-state index contributed by atoms with van der Waals surface area (Å²) < 4.78 is 68.5. The number of halogens is 5. The van der Waals surface area contributed by atoms with E-state index in [1.807, 2.05) is 11.9 Å². The Morgan fingerprint density at radius 2 is 1.75 bits per heavy atom. The number of amides is 3. The Labute approximate surface area is 240 Å². The fraction of sp³-hybridized carbons (Fsp3) is 0.440. The Bertz CT molecular complexity index is 1360. The van der Waals surface area contributed by atoms with Crippen LogP contribution in [0.25, 0.3) is 0 Å². The maximum atomic E-state index is 13.7. The summed E-state index contributed by atoms with van der Waals surface area (Å²) in [5.41, 5.74) is -1.60. The lowest BCUT2D eigenvalue weighted by Crippen LogP contribution is -2.58. The Balaban J connectivity index is 1.59. The van der Waals surface area contributed by atoms with Gasteiger partial charge in [0.05, 0.1) is 21.2 Å². The Morgan fingerprint density at radius 1 is 1.07 bits per heavy atom. The van der Waals surface area contributed by atoms with Gasteiger partial charge in [-0.3, -0.25) is 14.0 Å². The van der Waals surface area contributed by atoms with Crippen molar-refractivity contribution in [2.24, 2.45) is 0 Å². The fourth-order valence-corrected chi connectivity index (χ4v) is 6.02. The van der Waals surface area contributed by atoms with Gasteiger partial charge in [-0.2, -0.15) is 13.2 Å². The zero-order valence-corrected chi connectivity index (χ0v) is 23.7. The number of carbonyl (C=O) groups excluding carboxylic acids is 2. The minimum absolute atomic E-state index is 0.171. The predicted octanol–water partition coefficient (Wildman–Crippen LogP) is 3.81. The quantitative estimate of drug-likeness (QED) is 0.467. The lowest BCUT2D eigenvalue weighted by molar-refractivity contribution is -0.137. The number of hydrogen-bond donors (Lipinski definition) is 2. The SMILES string of the molecule is CN1CCN(C(=O)CN(c2cc(C(F)(F)F)ccc2Cl)S(=O)(=O)c2ccc(Cl)cc2)CC1CNC(=O)NC1CC1. The summed E-state index contributed by atoms with van der Waals surface area (Å²) in [6.07, 6.45) is -2.91. The molecule has 1 unspecified atom stereocenters. The number of carbonyl (C=O) groups is 2. The van der Waals surface area contributed by atoms with Gasteiger partial charge in [-0.15, -0.1) is 0 Å². The van der Waals surface area contributed by atoms with Crippen molar-refractivity contribution >= 4 is 50.9 Å². The van der Waals surface area contributed by atoms with Crippen molar-refractivity contribution in [2.45, 2.75) is 36.0 Å². The van der Waals surface area contributed by atoms with Crippen LogP contribution in [0.3, 0.4) is 0 Å². The van der Waals surface area contributed by atoms with Gasteiger partial charge in [0.2, 0.25) is 5.91 Å². The van der Waals surface area contributed by atoms with Gasteiger partial charge in [-0.1, -0.05) is 23.2 Å². The zero-order chi connectivity index (χ0) is 29.2. The normalized spacial score (nSPS) is 18.4. The molecule has 1 atom stereocenters. The van der Waals surface area contributed by atoms with Crippen LogP contribution >= 0.6 is 23.2 Å². The van der Waals surface area contributed by atoms with Crippen LogP contribution in [0.5, 0.6) is 0 Å². The molecule has 3 amide bonds. The summed E-state index contributed by atoms with van der Waals surface area (Å²) in [5.74, 6) is -0.633. The minimum atomic E-state index is -4.78. The van der Waals surface area contributed by atoms with Crippen molar-refractivity contribution < 1.29 is 31.2 Å². The molecule has 2 N–H and O–H groups in total. The van der Waals surface area contributed by atoms with E-state index in [1.54, 1.807) is 0 Å². The number of nitrogens with one attached hydrogen (secondary N) is 2. The molecule has 1 saturated heterocycles. The number of rotatable bonds is 8. The number of hydrogen-bond acceptors (Lipinski definition) is 5. The number of urea groups is 1. The molecule has 2 aromatic rings. The van der Waals surface area contributed by atoms with Gasteiger partial charge in [0, 0.05) is 43.3 Å². The van der Waals surface area contributed by atoms with E-state index in [-0.39, 0.29) is 52.7 Å². The first-order chi connectivity index (χ1) is 18.8. The van der Waals surface area contributed by atoms with E-state index in [2.05, 4.69) is 10.6 Å². The molecule has 4 rings (SSSR count).